The molecule has 0 spiro atoms. The molecule has 2 aliphatic heterocycles. The Kier molecular flexibility index (Phi) is 2.33. The summed E-state index contributed by atoms with van der Waals surface area (Å²) in [5, 5.41) is 21.1. The highest BCUT2D eigenvalue weighted by molar-refractivity contribution is 5.85. The molecule has 3 N–H and O–H groups in total. The standard InChI is InChI=1S/C7H11NO3.ClH/c9-5-3-7(6(10)11)2-1-4(5)8-7;/h4-5,8-9H,1-3H2,(H,10,11);1H/t4-,5-,7+;/m0./s1. The Balaban J connectivity index is 0.000000720. The van der Waals surface area contributed by atoms with Crippen LogP contribution in [0.25, 0.3) is 0 Å². The van der Waals surface area contributed by atoms with E-state index in [1.54, 1.807) is 0 Å². The number of carbonyl (C=O) groups is 1. The monoisotopic (exact) mass is 193 g/mol. The Bertz CT molecular complexity index is 207. The van der Waals surface area contributed by atoms with Gasteiger partial charge >= 0.3 is 5.97 Å². The maximum absolute atomic E-state index is 10.8. The molecule has 0 aromatic heterocycles. The Morgan fingerprint density at radius 3 is 2.50 bits per heavy atom. The van der Waals surface area contributed by atoms with Crippen molar-refractivity contribution in [2.75, 3.05) is 0 Å². The number of hydrogen-bond donors (Lipinski definition) is 3. The van der Waals surface area contributed by atoms with Gasteiger partial charge < -0.3 is 10.2 Å². The van der Waals surface area contributed by atoms with E-state index in [1.165, 1.54) is 0 Å². The molecule has 70 valence electrons. The van der Waals surface area contributed by atoms with Gasteiger partial charge in [-0.25, -0.2) is 0 Å². The van der Waals surface area contributed by atoms with E-state index >= 15 is 0 Å². The van der Waals surface area contributed by atoms with E-state index in [2.05, 4.69) is 5.32 Å². The van der Waals surface area contributed by atoms with Crippen molar-refractivity contribution >= 4 is 18.4 Å². The third-order valence-electron chi connectivity index (χ3n) is 2.78. The van der Waals surface area contributed by atoms with Crippen LogP contribution in [0.15, 0.2) is 0 Å². The fraction of sp³-hybridized carbons (Fsp3) is 0.857. The minimum atomic E-state index is -0.823. The maximum Gasteiger partial charge on any atom is 0.324 e. The van der Waals surface area contributed by atoms with Crippen LogP contribution in [0, 0.1) is 0 Å². The molecular weight excluding hydrogens is 182 g/mol. The van der Waals surface area contributed by atoms with Gasteiger partial charge in [0, 0.05) is 12.5 Å². The molecule has 0 aromatic rings. The second-order valence-electron chi connectivity index (χ2n) is 3.45. The van der Waals surface area contributed by atoms with Crippen molar-refractivity contribution in [3.63, 3.8) is 0 Å². The van der Waals surface area contributed by atoms with Crippen LogP contribution in [-0.2, 0) is 4.79 Å². The Morgan fingerprint density at radius 2 is 2.25 bits per heavy atom. The van der Waals surface area contributed by atoms with Gasteiger partial charge in [-0.1, -0.05) is 0 Å². The minimum Gasteiger partial charge on any atom is -0.480 e. The predicted molar refractivity (Wildman–Crippen MR) is 44.4 cm³/mol. The van der Waals surface area contributed by atoms with Crippen molar-refractivity contribution in [1.82, 2.24) is 5.32 Å². The number of rotatable bonds is 1. The van der Waals surface area contributed by atoms with Crippen LogP contribution in [-0.4, -0.2) is 33.9 Å². The minimum absolute atomic E-state index is 0. The second-order valence-corrected chi connectivity index (χ2v) is 3.45. The summed E-state index contributed by atoms with van der Waals surface area (Å²) in [7, 11) is 0. The summed E-state index contributed by atoms with van der Waals surface area (Å²) in [6, 6.07) is 0.0195. The fourth-order valence-corrected chi connectivity index (χ4v) is 2.11. The number of fused-ring (bicyclic) bond motifs is 2. The number of nitrogens with one attached hydrogen (secondary N) is 1. The van der Waals surface area contributed by atoms with Crippen molar-refractivity contribution in [2.24, 2.45) is 0 Å². The van der Waals surface area contributed by atoms with Crippen LogP contribution in [0.2, 0.25) is 0 Å². The van der Waals surface area contributed by atoms with Crippen molar-refractivity contribution < 1.29 is 15.0 Å². The van der Waals surface area contributed by atoms with Crippen molar-refractivity contribution in [3.8, 4) is 0 Å². The van der Waals surface area contributed by atoms with Crippen LogP contribution in [0.3, 0.4) is 0 Å². The summed E-state index contributed by atoms with van der Waals surface area (Å²) < 4.78 is 0. The van der Waals surface area contributed by atoms with Gasteiger partial charge in [-0.05, 0) is 12.8 Å². The zero-order valence-corrected chi connectivity index (χ0v) is 7.30. The van der Waals surface area contributed by atoms with Gasteiger partial charge in [0.2, 0.25) is 0 Å². The maximum atomic E-state index is 10.8. The van der Waals surface area contributed by atoms with Crippen molar-refractivity contribution in [1.29, 1.82) is 0 Å². The lowest BCUT2D eigenvalue weighted by atomic mass is 9.86. The van der Waals surface area contributed by atoms with E-state index in [1.807, 2.05) is 0 Å². The first kappa shape index (κ1) is 9.77. The largest absolute Gasteiger partial charge is 0.480 e. The van der Waals surface area contributed by atoms with Gasteiger partial charge in [-0.15, -0.1) is 12.4 Å². The molecule has 2 saturated heterocycles. The molecule has 2 fully saturated rings. The zero-order chi connectivity index (χ0) is 8.06. The molecule has 2 rings (SSSR count). The molecule has 4 nitrogen and oxygen atoms in total. The molecule has 0 saturated carbocycles. The Labute approximate surface area is 76.4 Å². The average molecular weight is 194 g/mol. The van der Waals surface area contributed by atoms with Crippen molar-refractivity contribution in [3.05, 3.63) is 0 Å². The number of carboxylic acid groups (broad SMARTS) is 1. The smallest absolute Gasteiger partial charge is 0.324 e. The molecule has 2 aliphatic rings. The van der Waals surface area contributed by atoms with Crippen molar-refractivity contribution in [2.45, 2.75) is 36.9 Å². The highest BCUT2D eigenvalue weighted by Crippen LogP contribution is 2.37. The van der Waals surface area contributed by atoms with Gasteiger partial charge in [0.1, 0.15) is 5.54 Å². The summed E-state index contributed by atoms with van der Waals surface area (Å²) in [6.45, 7) is 0. The Morgan fingerprint density at radius 1 is 1.58 bits per heavy atom. The van der Waals surface area contributed by atoms with E-state index in [0.717, 1.165) is 6.42 Å². The highest BCUT2D eigenvalue weighted by atomic mass is 35.5. The van der Waals surface area contributed by atoms with Crippen LogP contribution in [0.4, 0.5) is 0 Å². The number of aliphatic carboxylic acids is 1. The molecule has 5 heteroatoms. The predicted octanol–water partition coefficient (Wildman–Crippen LogP) is -0.252. The first-order chi connectivity index (χ1) is 5.14. The lowest BCUT2D eigenvalue weighted by molar-refractivity contribution is -0.144. The van der Waals surface area contributed by atoms with E-state index in [-0.39, 0.29) is 18.4 Å². The molecule has 0 radical (unpaired) electrons. The van der Waals surface area contributed by atoms with Gasteiger partial charge in [0.15, 0.2) is 0 Å². The van der Waals surface area contributed by atoms with Gasteiger partial charge in [0.25, 0.3) is 0 Å². The third-order valence-corrected chi connectivity index (χ3v) is 2.78. The van der Waals surface area contributed by atoms with Gasteiger partial charge in [-0.2, -0.15) is 0 Å². The highest BCUT2D eigenvalue weighted by Gasteiger charge is 2.54. The van der Waals surface area contributed by atoms with Crippen LogP contribution in [0.1, 0.15) is 19.3 Å². The van der Waals surface area contributed by atoms with E-state index in [4.69, 9.17) is 5.11 Å². The van der Waals surface area contributed by atoms with Gasteiger partial charge in [-0.3, -0.25) is 10.1 Å². The number of aliphatic hydroxyl groups is 1. The first-order valence-corrected chi connectivity index (χ1v) is 3.83. The van der Waals surface area contributed by atoms with Crippen LogP contribution in [0.5, 0.6) is 0 Å². The number of halogens is 1. The normalized spacial score (nSPS) is 44.1. The van der Waals surface area contributed by atoms with Crippen LogP contribution >= 0.6 is 12.4 Å². The van der Waals surface area contributed by atoms with Gasteiger partial charge in [0.05, 0.1) is 6.10 Å². The molecule has 0 aliphatic carbocycles. The molecule has 12 heavy (non-hydrogen) atoms. The molecule has 2 bridgehead atoms. The van der Waals surface area contributed by atoms with E-state index in [9.17, 15) is 9.90 Å². The second kappa shape index (κ2) is 2.87. The first-order valence-electron chi connectivity index (χ1n) is 3.83. The zero-order valence-electron chi connectivity index (χ0n) is 6.49. The summed E-state index contributed by atoms with van der Waals surface area (Å²) in [6.07, 6.45) is 1.35. The summed E-state index contributed by atoms with van der Waals surface area (Å²) in [4.78, 5) is 10.8. The molecule has 0 unspecified atom stereocenters. The number of hydrogen-bond acceptors (Lipinski definition) is 3. The molecule has 0 amide bonds. The Hall–Kier alpha value is -0.320. The quantitative estimate of drug-likeness (QED) is 0.537. The summed E-state index contributed by atoms with van der Waals surface area (Å²) >= 11 is 0. The summed E-state index contributed by atoms with van der Waals surface area (Å²) in [5.74, 6) is -0.823. The lowest BCUT2D eigenvalue weighted by Crippen LogP contribution is -2.44. The molecule has 3 atom stereocenters. The SMILES string of the molecule is Cl.O=C(O)[C@]12CC[C@H](N1)[C@@H](O)C2. The molecular formula is C7H12ClNO3. The average Bonchev–Trinajstić information content (AvgIpc) is 2.44. The molecule has 2 heterocycles. The number of aliphatic hydroxyl groups excluding tert-OH is 1. The number of carboxylic acids is 1. The third kappa shape index (κ3) is 1.11. The lowest BCUT2D eigenvalue weighted by Gasteiger charge is -2.21. The summed E-state index contributed by atoms with van der Waals surface area (Å²) in [5.41, 5.74) is -0.802. The topological polar surface area (TPSA) is 69.6 Å². The van der Waals surface area contributed by atoms with Crippen LogP contribution < -0.4 is 5.32 Å². The van der Waals surface area contributed by atoms with E-state index in [0.29, 0.717) is 12.8 Å². The van der Waals surface area contributed by atoms with E-state index < -0.39 is 17.6 Å². The fourth-order valence-electron chi connectivity index (χ4n) is 2.11. The molecule has 0 aromatic carbocycles.